The Balaban J connectivity index is 1.34. The topological polar surface area (TPSA) is 3.24 Å². The highest BCUT2D eigenvalue weighted by molar-refractivity contribution is 6.98. The van der Waals surface area contributed by atoms with E-state index in [0.29, 0.717) is 0 Å². The third kappa shape index (κ3) is 3.32. The molecule has 2 heterocycles. The minimum absolute atomic E-state index is 0.0368. The zero-order valence-electron chi connectivity index (χ0n) is 25.7. The second kappa shape index (κ2) is 8.86. The number of nitrogens with zero attached hydrogens (tertiary/aromatic N) is 1. The number of anilines is 3. The van der Waals surface area contributed by atoms with Crippen LogP contribution < -0.4 is 21.3 Å². The van der Waals surface area contributed by atoms with Crippen molar-refractivity contribution in [1.82, 2.24) is 0 Å². The lowest BCUT2D eigenvalue weighted by molar-refractivity contribution is 0.632. The highest BCUT2D eigenvalue weighted by Gasteiger charge is 2.44. The van der Waals surface area contributed by atoms with Crippen molar-refractivity contribution in [3.63, 3.8) is 0 Å². The van der Waals surface area contributed by atoms with Gasteiger partial charge in [0.25, 0.3) is 0 Å². The van der Waals surface area contributed by atoms with Gasteiger partial charge in [0, 0.05) is 22.2 Å². The number of rotatable bonds is 2. The molecule has 0 aromatic heterocycles. The van der Waals surface area contributed by atoms with E-state index >= 15 is 0 Å². The van der Waals surface area contributed by atoms with Gasteiger partial charge >= 0.3 is 0 Å². The molecule has 0 amide bonds. The molecular weight excluding hydrogens is 529 g/mol. The molecule has 3 aliphatic rings. The van der Waals surface area contributed by atoms with Gasteiger partial charge in [0.1, 0.15) is 0 Å². The first kappa shape index (κ1) is 25.7. The zero-order chi connectivity index (χ0) is 29.8. The van der Waals surface area contributed by atoms with Crippen molar-refractivity contribution in [2.24, 2.45) is 0 Å². The predicted molar refractivity (Wildman–Crippen MR) is 187 cm³/mol. The van der Waals surface area contributed by atoms with E-state index in [1.807, 2.05) is 0 Å². The smallest absolute Gasteiger partial charge is 0.246 e. The molecule has 1 nitrogen and oxygen atoms in total. The largest absolute Gasteiger partial charge is 0.311 e. The predicted octanol–water partition coefficient (Wildman–Crippen LogP) is 8.60. The molecule has 0 saturated carbocycles. The average Bonchev–Trinajstić information content (AvgIpc) is 3.29. The molecule has 44 heavy (non-hydrogen) atoms. The Hall–Kier alpha value is -4.82. The second-order valence-corrected chi connectivity index (χ2v) is 13.8. The molecule has 0 saturated heterocycles. The van der Waals surface area contributed by atoms with E-state index in [1.54, 1.807) is 0 Å². The third-order valence-electron chi connectivity index (χ3n) is 10.7. The fourth-order valence-corrected chi connectivity index (χ4v) is 8.47. The normalized spacial score (nSPS) is 16.0. The quantitative estimate of drug-likeness (QED) is 0.191. The summed E-state index contributed by atoms with van der Waals surface area (Å²) in [7, 11) is 0. The van der Waals surface area contributed by atoms with Gasteiger partial charge in [0.15, 0.2) is 0 Å². The Morgan fingerprint density at radius 1 is 0.455 bits per heavy atom. The molecule has 2 heteroatoms. The summed E-state index contributed by atoms with van der Waals surface area (Å²) in [6.07, 6.45) is 0. The number of benzene rings is 6. The molecule has 0 unspecified atom stereocenters. The summed E-state index contributed by atoms with van der Waals surface area (Å²) in [6, 6.07) is 50.2. The molecule has 6 aromatic carbocycles. The lowest BCUT2D eigenvalue weighted by atomic mass is 9.34. The molecule has 0 atom stereocenters. The van der Waals surface area contributed by atoms with Gasteiger partial charge in [-0.25, -0.2) is 0 Å². The van der Waals surface area contributed by atoms with Crippen LogP contribution in [0.3, 0.4) is 0 Å². The standard InChI is InChI=1S/C42H34BN/c1-41(2)32-17-9-8-16-30(32)31-23-22-27(24-34(31)41)28-25-35-40-37(26-28)43(29-14-6-5-7-15-29)36-19-11-13-21-39(36)44(40)38-20-12-10-18-33(38)42(35,3)4/h5-26H,1-4H3. The molecule has 0 N–H and O–H groups in total. The van der Waals surface area contributed by atoms with E-state index in [4.69, 9.17) is 0 Å². The van der Waals surface area contributed by atoms with Gasteiger partial charge < -0.3 is 4.90 Å². The van der Waals surface area contributed by atoms with Crippen LogP contribution in [-0.2, 0) is 10.8 Å². The van der Waals surface area contributed by atoms with Crippen molar-refractivity contribution in [1.29, 1.82) is 0 Å². The van der Waals surface area contributed by atoms with Crippen LogP contribution in [0.25, 0.3) is 22.3 Å². The van der Waals surface area contributed by atoms with E-state index in [-0.39, 0.29) is 17.5 Å². The fourth-order valence-electron chi connectivity index (χ4n) is 8.47. The maximum absolute atomic E-state index is 2.55. The molecule has 0 spiro atoms. The van der Waals surface area contributed by atoms with Gasteiger partial charge in [-0.1, -0.05) is 142 Å². The van der Waals surface area contributed by atoms with Crippen molar-refractivity contribution in [3.05, 3.63) is 156 Å². The van der Waals surface area contributed by atoms with E-state index in [2.05, 4.69) is 166 Å². The van der Waals surface area contributed by atoms with Crippen LogP contribution in [0.1, 0.15) is 49.9 Å². The van der Waals surface area contributed by atoms with Crippen LogP contribution >= 0.6 is 0 Å². The van der Waals surface area contributed by atoms with E-state index in [0.717, 1.165) is 0 Å². The van der Waals surface area contributed by atoms with Gasteiger partial charge in [-0.05, 0) is 79.7 Å². The fraction of sp³-hybridized carbons (Fsp3) is 0.143. The number of hydrogen-bond donors (Lipinski definition) is 0. The second-order valence-electron chi connectivity index (χ2n) is 13.8. The molecule has 2 aliphatic heterocycles. The van der Waals surface area contributed by atoms with Crippen LogP contribution in [0.2, 0.25) is 0 Å². The summed E-state index contributed by atoms with van der Waals surface area (Å²) in [5.41, 5.74) is 18.7. The van der Waals surface area contributed by atoms with Crippen molar-refractivity contribution < 1.29 is 0 Å². The Bertz CT molecular complexity index is 2140. The zero-order valence-corrected chi connectivity index (χ0v) is 25.7. The Kier molecular flexibility index (Phi) is 5.17. The minimum atomic E-state index is -0.160. The van der Waals surface area contributed by atoms with Gasteiger partial charge in [-0.3, -0.25) is 0 Å². The molecule has 0 fully saturated rings. The first-order valence-electron chi connectivity index (χ1n) is 15.8. The molecule has 9 rings (SSSR count). The van der Waals surface area contributed by atoms with Crippen LogP contribution in [-0.4, -0.2) is 6.71 Å². The van der Waals surface area contributed by atoms with Gasteiger partial charge in [-0.2, -0.15) is 0 Å². The molecule has 210 valence electrons. The highest BCUT2D eigenvalue weighted by atomic mass is 15.2. The van der Waals surface area contributed by atoms with E-state index in [1.165, 1.54) is 78.0 Å². The number of fused-ring (bicyclic) bond motifs is 7. The maximum atomic E-state index is 2.55. The number of para-hydroxylation sites is 2. The lowest BCUT2D eigenvalue weighted by Gasteiger charge is -2.47. The van der Waals surface area contributed by atoms with Crippen molar-refractivity contribution in [3.8, 4) is 22.3 Å². The van der Waals surface area contributed by atoms with E-state index in [9.17, 15) is 0 Å². The minimum Gasteiger partial charge on any atom is -0.311 e. The first-order valence-corrected chi connectivity index (χ1v) is 15.8. The molecular formula is C42H34BN. The van der Waals surface area contributed by atoms with Crippen molar-refractivity contribution >= 4 is 40.2 Å². The third-order valence-corrected chi connectivity index (χ3v) is 10.7. The van der Waals surface area contributed by atoms with Crippen LogP contribution in [0.15, 0.2) is 133 Å². The molecule has 1 aliphatic carbocycles. The van der Waals surface area contributed by atoms with Gasteiger partial charge in [0.05, 0.1) is 5.69 Å². The maximum Gasteiger partial charge on any atom is 0.246 e. The van der Waals surface area contributed by atoms with E-state index < -0.39 is 0 Å². The molecule has 0 radical (unpaired) electrons. The summed E-state index contributed by atoms with van der Waals surface area (Å²) >= 11 is 0. The SMILES string of the molecule is CC1(C)c2ccccc2-c2ccc(-c3cc4c5c(c3)C(C)(C)c3ccccc3N5c3ccccc3B4c3ccccc3)cc21. The van der Waals surface area contributed by atoms with Crippen LogP contribution in [0.4, 0.5) is 17.1 Å². The monoisotopic (exact) mass is 563 g/mol. The molecule has 6 aromatic rings. The van der Waals surface area contributed by atoms with Crippen molar-refractivity contribution in [2.45, 2.75) is 38.5 Å². The Morgan fingerprint density at radius 2 is 1.07 bits per heavy atom. The summed E-state index contributed by atoms with van der Waals surface area (Å²) in [6.45, 7) is 9.71. The summed E-state index contributed by atoms with van der Waals surface area (Å²) in [5.74, 6) is 0. The summed E-state index contributed by atoms with van der Waals surface area (Å²) in [4.78, 5) is 2.55. The number of hydrogen-bond acceptors (Lipinski definition) is 1. The van der Waals surface area contributed by atoms with Crippen LogP contribution in [0, 0.1) is 0 Å². The molecule has 0 bridgehead atoms. The summed E-state index contributed by atoms with van der Waals surface area (Å²) < 4.78 is 0. The Morgan fingerprint density at radius 3 is 1.89 bits per heavy atom. The average molecular weight is 564 g/mol. The van der Waals surface area contributed by atoms with Crippen LogP contribution in [0.5, 0.6) is 0 Å². The van der Waals surface area contributed by atoms with Crippen molar-refractivity contribution in [2.75, 3.05) is 4.90 Å². The van der Waals surface area contributed by atoms with Gasteiger partial charge in [-0.15, -0.1) is 0 Å². The lowest BCUT2D eigenvalue weighted by Crippen LogP contribution is -2.58. The van der Waals surface area contributed by atoms with Gasteiger partial charge in [0.2, 0.25) is 6.71 Å². The first-order chi connectivity index (χ1) is 21.4. The Labute approximate surface area is 260 Å². The highest BCUT2D eigenvalue weighted by Crippen LogP contribution is 2.54. The summed E-state index contributed by atoms with van der Waals surface area (Å²) in [5, 5.41) is 0.